The molecule has 0 aliphatic carbocycles. The molecular formula is C17H28IN3O4. The molecule has 7 nitrogen and oxygen atoms in total. The quantitative estimate of drug-likeness (QED) is 0.290. The van der Waals surface area contributed by atoms with Gasteiger partial charge >= 0.3 is 5.97 Å². The van der Waals surface area contributed by atoms with Gasteiger partial charge in [0, 0.05) is 19.6 Å². The van der Waals surface area contributed by atoms with Gasteiger partial charge in [-0.3, -0.25) is 4.79 Å². The number of halogens is 1. The minimum Gasteiger partial charge on any atom is -0.467 e. The van der Waals surface area contributed by atoms with Crippen molar-refractivity contribution in [3.63, 3.8) is 0 Å². The van der Waals surface area contributed by atoms with Crippen molar-refractivity contribution in [2.45, 2.75) is 32.8 Å². The molecule has 0 radical (unpaired) electrons. The molecule has 2 heterocycles. The molecule has 1 saturated heterocycles. The first-order valence-corrected chi connectivity index (χ1v) is 8.57. The molecule has 0 spiro atoms. The van der Waals surface area contributed by atoms with E-state index >= 15 is 0 Å². The number of carbonyl (C=O) groups excluding carboxylic acids is 1. The van der Waals surface area contributed by atoms with E-state index < -0.39 is 6.10 Å². The van der Waals surface area contributed by atoms with Crippen LogP contribution in [0.4, 0.5) is 0 Å². The van der Waals surface area contributed by atoms with Crippen LogP contribution in [0.3, 0.4) is 0 Å². The van der Waals surface area contributed by atoms with Crippen molar-refractivity contribution >= 4 is 35.9 Å². The fourth-order valence-corrected chi connectivity index (χ4v) is 2.76. The summed E-state index contributed by atoms with van der Waals surface area (Å²) in [6.07, 6.45) is 2.28. The van der Waals surface area contributed by atoms with Crippen molar-refractivity contribution in [1.82, 2.24) is 10.2 Å². The molecule has 0 aromatic carbocycles. The SMILES string of the molecule is CCNC(=NCC(O)c1ccco1)N1CCC(C(=O)OCC)CC1.I. The Morgan fingerprint density at radius 1 is 1.48 bits per heavy atom. The minimum atomic E-state index is -0.759. The van der Waals surface area contributed by atoms with E-state index in [0.29, 0.717) is 12.4 Å². The number of hydrogen-bond acceptors (Lipinski definition) is 5. The third-order valence-electron chi connectivity index (χ3n) is 4.03. The zero-order chi connectivity index (χ0) is 17.4. The van der Waals surface area contributed by atoms with Crippen LogP contribution in [0, 0.1) is 5.92 Å². The highest BCUT2D eigenvalue weighted by Crippen LogP contribution is 2.19. The van der Waals surface area contributed by atoms with Gasteiger partial charge < -0.3 is 24.5 Å². The molecule has 1 aromatic heterocycles. The summed E-state index contributed by atoms with van der Waals surface area (Å²) in [6, 6.07) is 3.48. The van der Waals surface area contributed by atoms with Crippen LogP contribution in [-0.4, -0.2) is 54.7 Å². The predicted octanol–water partition coefficient (Wildman–Crippen LogP) is 2.17. The van der Waals surface area contributed by atoms with E-state index in [1.807, 2.05) is 13.8 Å². The fourth-order valence-electron chi connectivity index (χ4n) is 2.76. The maximum Gasteiger partial charge on any atom is 0.309 e. The predicted molar refractivity (Wildman–Crippen MR) is 106 cm³/mol. The average molecular weight is 465 g/mol. The molecule has 1 fully saturated rings. The maximum atomic E-state index is 11.8. The van der Waals surface area contributed by atoms with Crippen molar-refractivity contribution in [2.24, 2.45) is 10.9 Å². The highest BCUT2D eigenvalue weighted by atomic mass is 127. The largest absolute Gasteiger partial charge is 0.467 e. The first-order chi connectivity index (χ1) is 11.7. The van der Waals surface area contributed by atoms with E-state index in [0.717, 1.165) is 38.4 Å². The number of piperidine rings is 1. The van der Waals surface area contributed by atoms with Crippen molar-refractivity contribution in [3.05, 3.63) is 24.2 Å². The highest BCUT2D eigenvalue weighted by molar-refractivity contribution is 14.0. The maximum absolute atomic E-state index is 11.8. The van der Waals surface area contributed by atoms with Gasteiger partial charge in [0.1, 0.15) is 11.9 Å². The molecule has 142 valence electrons. The van der Waals surface area contributed by atoms with E-state index in [1.165, 1.54) is 6.26 Å². The smallest absolute Gasteiger partial charge is 0.309 e. The molecule has 1 atom stereocenters. The van der Waals surface area contributed by atoms with Crippen molar-refractivity contribution < 1.29 is 19.1 Å². The molecule has 1 unspecified atom stereocenters. The second-order valence-electron chi connectivity index (χ2n) is 5.74. The van der Waals surface area contributed by atoms with Crippen molar-refractivity contribution in [3.8, 4) is 0 Å². The molecule has 25 heavy (non-hydrogen) atoms. The van der Waals surface area contributed by atoms with Gasteiger partial charge in [0.2, 0.25) is 0 Å². The highest BCUT2D eigenvalue weighted by Gasteiger charge is 2.27. The molecule has 1 aliphatic rings. The van der Waals surface area contributed by atoms with Crippen LogP contribution in [0.2, 0.25) is 0 Å². The summed E-state index contributed by atoms with van der Waals surface area (Å²) in [5.74, 6) is 1.13. The zero-order valence-corrected chi connectivity index (χ0v) is 17.1. The van der Waals surface area contributed by atoms with E-state index in [-0.39, 0.29) is 42.4 Å². The van der Waals surface area contributed by atoms with E-state index in [2.05, 4.69) is 15.2 Å². The lowest BCUT2D eigenvalue weighted by atomic mass is 9.97. The van der Waals surface area contributed by atoms with Crippen LogP contribution in [0.25, 0.3) is 0 Å². The zero-order valence-electron chi connectivity index (χ0n) is 14.8. The Morgan fingerprint density at radius 3 is 2.76 bits per heavy atom. The summed E-state index contributed by atoms with van der Waals surface area (Å²) in [7, 11) is 0. The summed E-state index contributed by atoms with van der Waals surface area (Å²) in [5, 5.41) is 13.3. The van der Waals surface area contributed by atoms with Gasteiger partial charge in [-0.25, -0.2) is 4.99 Å². The number of nitrogens with zero attached hydrogens (tertiary/aromatic N) is 2. The molecule has 2 rings (SSSR count). The Labute approximate surface area is 165 Å². The van der Waals surface area contributed by atoms with Crippen LogP contribution in [0.5, 0.6) is 0 Å². The van der Waals surface area contributed by atoms with Crippen LogP contribution in [0.15, 0.2) is 27.8 Å². The summed E-state index contributed by atoms with van der Waals surface area (Å²) < 4.78 is 10.3. The number of aliphatic imine (C=N–C) groups is 1. The standard InChI is InChI=1S/C17H27N3O4.HI/c1-3-18-17(19-12-14(21)15-6-5-11-24-15)20-9-7-13(8-10-20)16(22)23-4-2;/h5-6,11,13-14,21H,3-4,7-10,12H2,1-2H3,(H,18,19);1H. The molecule has 1 aromatic rings. The lowest BCUT2D eigenvalue weighted by molar-refractivity contribution is -0.149. The van der Waals surface area contributed by atoms with Gasteiger partial charge in [0.25, 0.3) is 0 Å². The van der Waals surface area contributed by atoms with Crippen LogP contribution in [0.1, 0.15) is 38.6 Å². The molecular weight excluding hydrogens is 437 g/mol. The summed E-state index contributed by atoms with van der Waals surface area (Å²) in [6.45, 7) is 6.71. The van der Waals surface area contributed by atoms with Gasteiger partial charge in [-0.2, -0.15) is 0 Å². The van der Waals surface area contributed by atoms with Gasteiger partial charge in [-0.05, 0) is 38.8 Å². The first-order valence-electron chi connectivity index (χ1n) is 8.57. The van der Waals surface area contributed by atoms with Crippen LogP contribution >= 0.6 is 24.0 Å². The number of likely N-dealkylation sites (tertiary alicyclic amines) is 1. The number of nitrogens with one attached hydrogen (secondary N) is 1. The summed E-state index contributed by atoms with van der Waals surface area (Å²) >= 11 is 0. The number of rotatable bonds is 6. The number of hydrogen-bond donors (Lipinski definition) is 2. The first kappa shape index (κ1) is 21.8. The van der Waals surface area contributed by atoms with Crippen LogP contribution in [-0.2, 0) is 9.53 Å². The van der Waals surface area contributed by atoms with Crippen LogP contribution < -0.4 is 5.32 Å². The Hall–Kier alpha value is -1.29. The fraction of sp³-hybridized carbons (Fsp3) is 0.647. The van der Waals surface area contributed by atoms with E-state index in [1.54, 1.807) is 12.1 Å². The second-order valence-corrected chi connectivity index (χ2v) is 5.74. The topological polar surface area (TPSA) is 87.3 Å². The number of aliphatic hydroxyl groups excluding tert-OH is 1. The number of esters is 1. The average Bonchev–Trinajstić information content (AvgIpc) is 3.13. The lowest BCUT2D eigenvalue weighted by Gasteiger charge is -2.33. The Kier molecular flexibility index (Phi) is 9.88. The Morgan fingerprint density at radius 2 is 2.20 bits per heavy atom. The Balaban J connectivity index is 0.00000312. The van der Waals surface area contributed by atoms with Gasteiger partial charge in [-0.1, -0.05) is 0 Å². The number of ether oxygens (including phenoxy) is 1. The number of aliphatic hydroxyl groups is 1. The van der Waals surface area contributed by atoms with Gasteiger partial charge in [-0.15, -0.1) is 24.0 Å². The minimum absolute atomic E-state index is 0. The number of carbonyl (C=O) groups is 1. The third kappa shape index (κ3) is 6.50. The van der Waals surface area contributed by atoms with E-state index in [9.17, 15) is 9.90 Å². The Bertz CT molecular complexity index is 528. The number of furan rings is 1. The summed E-state index contributed by atoms with van der Waals surface area (Å²) in [5.41, 5.74) is 0. The molecule has 2 N–H and O–H groups in total. The van der Waals surface area contributed by atoms with Crippen molar-refractivity contribution in [2.75, 3.05) is 32.8 Å². The molecule has 8 heteroatoms. The molecule has 0 bridgehead atoms. The number of guanidine groups is 1. The summed E-state index contributed by atoms with van der Waals surface area (Å²) in [4.78, 5) is 18.4. The second kappa shape index (κ2) is 11.3. The molecule has 0 saturated carbocycles. The monoisotopic (exact) mass is 465 g/mol. The van der Waals surface area contributed by atoms with Gasteiger partial charge in [0.15, 0.2) is 5.96 Å². The third-order valence-corrected chi connectivity index (χ3v) is 4.03. The molecule has 0 amide bonds. The van der Waals surface area contributed by atoms with Gasteiger partial charge in [0.05, 0.1) is 25.3 Å². The van der Waals surface area contributed by atoms with E-state index in [4.69, 9.17) is 9.15 Å². The lowest BCUT2D eigenvalue weighted by Crippen LogP contribution is -2.46. The normalized spacial score (nSPS) is 16.9. The molecule has 1 aliphatic heterocycles. The van der Waals surface area contributed by atoms with Crippen molar-refractivity contribution in [1.29, 1.82) is 0 Å².